The van der Waals surface area contributed by atoms with Crippen LogP contribution in [0.2, 0.25) is 0 Å². The summed E-state index contributed by atoms with van der Waals surface area (Å²) in [5.74, 6) is 0.167. The first-order valence-electron chi connectivity index (χ1n) is 12.0. The zero-order valence-corrected chi connectivity index (χ0v) is 19.7. The summed E-state index contributed by atoms with van der Waals surface area (Å²) in [5, 5.41) is 22.6. The Bertz CT molecular complexity index is 1120. The van der Waals surface area contributed by atoms with Crippen molar-refractivity contribution >= 4 is 17.4 Å². The molecule has 4 rings (SSSR count). The van der Waals surface area contributed by atoms with E-state index in [2.05, 4.69) is 20.0 Å². The Morgan fingerprint density at radius 3 is 2.19 bits per heavy atom. The van der Waals surface area contributed by atoms with E-state index in [0.29, 0.717) is 12.4 Å². The van der Waals surface area contributed by atoms with Gasteiger partial charge in [0.05, 0.1) is 18.6 Å². The Morgan fingerprint density at radius 2 is 1.61 bits per heavy atom. The molecule has 0 amide bonds. The number of hydrogen-bond acceptors (Lipinski definition) is 7. The van der Waals surface area contributed by atoms with Gasteiger partial charge in [-0.2, -0.15) is 8.78 Å². The van der Waals surface area contributed by atoms with Crippen LogP contribution in [0.5, 0.6) is 5.75 Å². The Kier molecular flexibility index (Phi) is 8.56. The number of aliphatic hydroxyl groups excluding tert-OH is 2. The van der Waals surface area contributed by atoms with Gasteiger partial charge in [0, 0.05) is 30.1 Å². The molecule has 3 N–H and O–H groups in total. The summed E-state index contributed by atoms with van der Waals surface area (Å²) in [6.07, 6.45) is 6.54. The van der Waals surface area contributed by atoms with Gasteiger partial charge in [0.15, 0.2) is 0 Å². The summed E-state index contributed by atoms with van der Waals surface area (Å²) in [6.45, 7) is -3.12. The van der Waals surface area contributed by atoms with Gasteiger partial charge in [0.2, 0.25) is 5.95 Å². The number of alkyl halides is 2. The van der Waals surface area contributed by atoms with Gasteiger partial charge >= 0.3 is 6.61 Å². The van der Waals surface area contributed by atoms with E-state index in [1.807, 2.05) is 12.1 Å². The monoisotopic (exact) mass is 497 g/mol. The Balaban J connectivity index is 1.34. The van der Waals surface area contributed by atoms with Gasteiger partial charge in [-0.05, 0) is 67.0 Å². The number of carbonyl (C=O) groups is 1. The fourth-order valence-electron chi connectivity index (χ4n) is 4.47. The van der Waals surface area contributed by atoms with Gasteiger partial charge in [0.25, 0.3) is 0 Å². The lowest BCUT2D eigenvalue weighted by Gasteiger charge is -2.26. The molecular formula is C27H29F2N3O4. The minimum atomic E-state index is -2.87. The van der Waals surface area contributed by atoms with Crippen molar-refractivity contribution in [3.8, 4) is 16.9 Å². The minimum absolute atomic E-state index is 0.0207. The molecule has 0 radical (unpaired) electrons. The molecular weight excluding hydrogens is 468 g/mol. The Labute approximate surface area is 208 Å². The van der Waals surface area contributed by atoms with Crippen molar-refractivity contribution in [3.05, 3.63) is 66.5 Å². The lowest BCUT2D eigenvalue weighted by molar-refractivity contribution is -0.122. The molecule has 1 heterocycles. The zero-order valence-electron chi connectivity index (χ0n) is 19.7. The van der Waals surface area contributed by atoms with E-state index in [-0.39, 0.29) is 30.2 Å². The highest BCUT2D eigenvalue weighted by molar-refractivity contribution is 5.86. The normalized spacial score (nSPS) is 18.6. The molecule has 1 fully saturated rings. The molecule has 2 aromatic carbocycles. The molecule has 0 aliphatic heterocycles. The van der Waals surface area contributed by atoms with E-state index in [4.69, 9.17) is 0 Å². The number of Topliss-reactive ketones (excluding diaryl/α,β-unsaturated/α-hetero) is 1. The lowest BCUT2D eigenvalue weighted by Crippen LogP contribution is -2.24. The SMILES string of the molecule is O=C(CC1CCC(O)CC1)[C@@H](CO)c1ccc(Nc2ncc(-c3ccc(OC(F)F)cc3)cn2)cc1. The Hall–Kier alpha value is -3.43. The molecule has 0 unspecified atom stereocenters. The number of benzene rings is 2. The average molecular weight is 498 g/mol. The van der Waals surface area contributed by atoms with Gasteiger partial charge in [0.1, 0.15) is 11.5 Å². The summed E-state index contributed by atoms with van der Waals surface area (Å²) in [6, 6.07) is 13.4. The summed E-state index contributed by atoms with van der Waals surface area (Å²) >= 11 is 0. The third kappa shape index (κ3) is 6.83. The molecule has 36 heavy (non-hydrogen) atoms. The van der Waals surface area contributed by atoms with E-state index in [9.17, 15) is 23.8 Å². The second kappa shape index (κ2) is 12.0. The number of ketones is 1. The fourth-order valence-corrected chi connectivity index (χ4v) is 4.47. The fraction of sp³-hybridized carbons (Fsp3) is 0.370. The van der Waals surface area contributed by atoms with Crippen LogP contribution in [0.3, 0.4) is 0 Å². The second-order valence-electron chi connectivity index (χ2n) is 9.03. The van der Waals surface area contributed by atoms with E-state index in [1.165, 1.54) is 12.1 Å². The van der Waals surface area contributed by atoms with Gasteiger partial charge in [-0.25, -0.2) is 9.97 Å². The van der Waals surface area contributed by atoms with Crippen molar-refractivity contribution < 1.29 is 28.5 Å². The smallest absolute Gasteiger partial charge is 0.387 e. The maximum atomic E-state index is 12.8. The van der Waals surface area contributed by atoms with Gasteiger partial charge < -0.3 is 20.3 Å². The van der Waals surface area contributed by atoms with Gasteiger partial charge in [-0.1, -0.05) is 24.3 Å². The highest BCUT2D eigenvalue weighted by Crippen LogP contribution is 2.30. The number of nitrogens with zero attached hydrogens (tertiary/aromatic N) is 2. The van der Waals surface area contributed by atoms with Crippen LogP contribution in [0, 0.1) is 5.92 Å². The number of hydrogen-bond donors (Lipinski definition) is 3. The molecule has 1 atom stereocenters. The predicted molar refractivity (Wildman–Crippen MR) is 131 cm³/mol. The number of rotatable bonds is 10. The summed E-state index contributed by atoms with van der Waals surface area (Å²) in [4.78, 5) is 21.4. The Morgan fingerprint density at radius 1 is 0.972 bits per heavy atom. The van der Waals surface area contributed by atoms with E-state index in [1.54, 1.807) is 36.7 Å². The van der Waals surface area contributed by atoms with Crippen molar-refractivity contribution in [1.82, 2.24) is 9.97 Å². The number of aliphatic hydroxyl groups is 2. The van der Waals surface area contributed by atoms with Crippen LogP contribution in [0.1, 0.15) is 43.6 Å². The number of anilines is 2. The predicted octanol–water partition coefficient (Wildman–Crippen LogP) is 5.07. The third-order valence-electron chi connectivity index (χ3n) is 6.51. The number of carbonyl (C=O) groups excluding carboxylic acids is 1. The average Bonchev–Trinajstić information content (AvgIpc) is 2.87. The van der Waals surface area contributed by atoms with Crippen LogP contribution in [0.25, 0.3) is 11.1 Å². The standard InChI is InChI=1S/C27H29F2N3O4/c28-26(29)36-23-11-5-18(6-12-23)20-14-30-27(31-15-20)32-21-7-3-19(4-8-21)24(16-33)25(35)13-17-1-9-22(34)10-2-17/h3-8,11-12,14-15,17,22,24,26,33-34H,1-2,9-10,13,16H2,(H,30,31,32)/t17?,22?,24-/m0/s1. The van der Waals surface area contributed by atoms with Crippen molar-refractivity contribution in [3.63, 3.8) is 0 Å². The van der Waals surface area contributed by atoms with E-state index in [0.717, 1.165) is 48.1 Å². The minimum Gasteiger partial charge on any atom is -0.435 e. The third-order valence-corrected chi connectivity index (χ3v) is 6.51. The number of aromatic nitrogens is 2. The summed E-state index contributed by atoms with van der Waals surface area (Å²) in [5.41, 5.74) is 2.96. The van der Waals surface area contributed by atoms with Crippen LogP contribution >= 0.6 is 0 Å². The molecule has 9 heteroatoms. The largest absolute Gasteiger partial charge is 0.435 e. The molecule has 1 aromatic heterocycles. The van der Waals surface area contributed by atoms with Crippen molar-refractivity contribution in [1.29, 1.82) is 0 Å². The van der Waals surface area contributed by atoms with E-state index < -0.39 is 12.5 Å². The second-order valence-corrected chi connectivity index (χ2v) is 9.03. The van der Waals surface area contributed by atoms with E-state index >= 15 is 0 Å². The summed E-state index contributed by atoms with van der Waals surface area (Å²) < 4.78 is 29.0. The maximum absolute atomic E-state index is 12.8. The molecule has 3 aromatic rings. The molecule has 1 saturated carbocycles. The molecule has 0 spiro atoms. The topological polar surface area (TPSA) is 105 Å². The van der Waals surface area contributed by atoms with Crippen molar-refractivity contribution in [2.75, 3.05) is 11.9 Å². The van der Waals surface area contributed by atoms with Crippen LogP contribution in [0.15, 0.2) is 60.9 Å². The molecule has 190 valence electrons. The molecule has 0 saturated heterocycles. The molecule has 1 aliphatic rings. The molecule has 7 nitrogen and oxygen atoms in total. The van der Waals surface area contributed by atoms with Gasteiger partial charge in [-0.3, -0.25) is 4.79 Å². The number of halogens is 2. The number of nitrogens with one attached hydrogen (secondary N) is 1. The van der Waals surface area contributed by atoms with Gasteiger partial charge in [-0.15, -0.1) is 0 Å². The lowest BCUT2D eigenvalue weighted by atomic mass is 9.81. The van der Waals surface area contributed by atoms with Crippen LogP contribution < -0.4 is 10.1 Å². The van der Waals surface area contributed by atoms with Crippen LogP contribution in [0.4, 0.5) is 20.4 Å². The van der Waals surface area contributed by atoms with Crippen molar-refractivity contribution in [2.24, 2.45) is 5.92 Å². The first-order valence-corrected chi connectivity index (χ1v) is 12.0. The highest BCUT2D eigenvalue weighted by Gasteiger charge is 2.26. The van der Waals surface area contributed by atoms with Crippen molar-refractivity contribution in [2.45, 2.75) is 50.7 Å². The highest BCUT2D eigenvalue weighted by atomic mass is 19.3. The maximum Gasteiger partial charge on any atom is 0.387 e. The first kappa shape index (κ1) is 25.7. The zero-order chi connectivity index (χ0) is 25.5. The molecule has 0 bridgehead atoms. The van der Waals surface area contributed by atoms with Crippen LogP contribution in [-0.2, 0) is 4.79 Å². The van der Waals surface area contributed by atoms with Crippen LogP contribution in [-0.4, -0.2) is 45.3 Å². The summed E-state index contributed by atoms with van der Waals surface area (Å²) in [7, 11) is 0. The quantitative estimate of drug-likeness (QED) is 0.359. The first-order chi connectivity index (χ1) is 17.4. The molecule has 1 aliphatic carbocycles. The number of ether oxygens (including phenoxy) is 1.